The van der Waals surface area contributed by atoms with Gasteiger partial charge in [-0.25, -0.2) is 9.48 Å². The van der Waals surface area contributed by atoms with Gasteiger partial charge < -0.3 is 4.74 Å². The molecule has 0 aliphatic rings. The summed E-state index contributed by atoms with van der Waals surface area (Å²) in [7, 11) is 0. The molecule has 146 valence electrons. The van der Waals surface area contributed by atoms with Crippen LogP contribution in [0.1, 0.15) is 40.3 Å². The van der Waals surface area contributed by atoms with Crippen LogP contribution in [0.15, 0.2) is 34.8 Å². The number of ether oxygens (including phenoxy) is 1. The zero-order chi connectivity index (χ0) is 20.1. The van der Waals surface area contributed by atoms with Gasteiger partial charge in [-0.05, 0) is 43.9 Å². The number of benzene rings is 1. The van der Waals surface area contributed by atoms with E-state index in [2.05, 4.69) is 20.6 Å². The molecule has 2 heterocycles. The van der Waals surface area contributed by atoms with Crippen molar-refractivity contribution in [2.75, 3.05) is 17.7 Å². The maximum absolute atomic E-state index is 12.4. The van der Waals surface area contributed by atoms with Crippen LogP contribution >= 0.6 is 23.1 Å². The largest absolute Gasteiger partial charge is 0.462 e. The lowest BCUT2D eigenvalue weighted by molar-refractivity contribution is 0.0525. The van der Waals surface area contributed by atoms with Gasteiger partial charge >= 0.3 is 5.97 Å². The van der Waals surface area contributed by atoms with E-state index in [0.717, 1.165) is 15.8 Å². The van der Waals surface area contributed by atoms with Crippen molar-refractivity contribution in [3.8, 4) is 5.69 Å². The van der Waals surface area contributed by atoms with Crippen molar-refractivity contribution >= 4 is 40.1 Å². The van der Waals surface area contributed by atoms with Crippen molar-refractivity contribution in [1.82, 2.24) is 20.0 Å². The molecule has 0 fully saturated rings. The summed E-state index contributed by atoms with van der Waals surface area (Å²) in [5, 5.41) is 15.4. The third kappa shape index (κ3) is 4.39. The van der Waals surface area contributed by atoms with Crippen LogP contribution in [0, 0.1) is 6.92 Å². The predicted molar refractivity (Wildman–Crippen MR) is 109 cm³/mol. The number of nitrogens with zero attached hydrogens (tertiary/aromatic N) is 4. The molecule has 2 aromatic heterocycles. The lowest BCUT2D eigenvalue weighted by atomic mass is 10.2. The molecule has 0 aliphatic heterocycles. The molecule has 0 saturated heterocycles. The van der Waals surface area contributed by atoms with Gasteiger partial charge in [0.2, 0.25) is 5.13 Å². The highest BCUT2D eigenvalue weighted by atomic mass is 32.2. The van der Waals surface area contributed by atoms with Gasteiger partial charge in [-0.1, -0.05) is 30.0 Å². The van der Waals surface area contributed by atoms with E-state index in [4.69, 9.17) is 4.74 Å². The number of esters is 1. The Morgan fingerprint density at radius 1 is 1.21 bits per heavy atom. The highest BCUT2D eigenvalue weighted by Gasteiger charge is 2.16. The fraction of sp³-hybridized carbons (Fsp3) is 0.278. The number of hydrogen-bond donors (Lipinski definition) is 1. The second-order valence-electron chi connectivity index (χ2n) is 5.58. The minimum Gasteiger partial charge on any atom is -0.462 e. The summed E-state index contributed by atoms with van der Waals surface area (Å²) in [6, 6.07) is 6.92. The molecule has 0 bridgehead atoms. The zero-order valence-electron chi connectivity index (χ0n) is 15.6. The summed E-state index contributed by atoms with van der Waals surface area (Å²) in [6.07, 6.45) is 1.48. The number of amides is 1. The number of anilines is 1. The minimum atomic E-state index is -0.403. The molecule has 0 radical (unpaired) electrons. The average Bonchev–Trinajstić information content (AvgIpc) is 3.29. The molecule has 3 rings (SSSR count). The normalized spacial score (nSPS) is 10.7. The minimum absolute atomic E-state index is 0.264. The number of carbonyl (C=O) groups is 2. The highest BCUT2D eigenvalue weighted by Crippen LogP contribution is 2.25. The fourth-order valence-corrected chi connectivity index (χ4v) is 4.09. The summed E-state index contributed by atoms with van der Waals surface area (Å²) in [6.45, 7) is 5.89. The topological polar surface area (TPSA) is 99.0 Å². The first-order valence-electron chi connectivity index (χ1n) is 8.63. The molecule has 0 spiro atoms. The highest BCUT2D eigenvalue weighted by molar-refractivity contribution is 8.01. The van der Waals surface area contributed by atoms with E-state index in [0.29, 0.717) is 28.6 Å². The summed E-state index contributed by atoms with van der Waals surface area (Å²) in [5.41, 5.74) is 2.31. The maximum Gasteiger partial charge on any atom is 0.341 e. The third-order valence-corrected chi connectivity index (χ3v) is 5.63. The van der Waals surface area contributed by atoms with Crippen LogP contribution < -0.4 is 5.32 Å². The molecular formula is C18H19N5O3S2. The number of carbonyl (C=O) groups excluding carboxylic acids is 2. The molecule has 0 saturated carbocycles. The Morgan fingerprint density at radius 2 is 1.96 bits per heavy atom. The number of hydrogen-bond acceptors (Lipinski definition) is 8. The molecule has 0 unspecified atom stereocenters. The molecule has 3 aromatic rings. The van der Waals surface area contributed by atoms with E-state index in [1.165, 1.54) is 17.5 Å². The van der Waals surface area contributed by atoms with E-state index in [-0.39, 0.29) is 5.91 Å². The van der Waals surface area contributed by atoms with Crippen LogP contribution in [0.4, 0.5) is 5.13 Å². The Kier molecular flexibility index (Phi) is 6.42. The van der Waals surface area contributed by atoms with Gasteiger partial charge in [-0.2, -0.15) is 5.10 Å². The van der Waals surface area contributed by atoms with Crippen molar-refractivity contribution in [3.63, 3.8) is 0 Å². The van der Waals surface area contributed by atoms with E-state index >= 15 is 0 Å². The van der Waals surface area contributed by atoms with E-state index in [1.54, 1.807) is 54.6 Å². The molecule has 8 nitrogen and oxygen atoms in total. The van der Waals surface area contributed by atoms with Crippen LogP contribution in [-0.4, -0.2) is 44.2 Å². The fourth-order valence-electron chi connectivity index (χ4n) is 2.44. The molecule has 1 amide bonds. The number of thioether (sulfide) groups is 1. The van der Waals surface area contributed by atoms with Gasteiger partial charge in [0.1, 0.15) is 5.56 Å². The molecule has 10 heteroatoms. The van der Waals surface area contributed by atoms with Crippen LogP contribution in [0.5, 0.6) is 0 Å². The quantitative estimate of drug-likeness (QED) is 0.356. The number of aromatic nitrogens is 4. The first kappa shape index (κ1) is 20.0. The first-order chi connectivity index (χ1) is 13.5. The van der Waals surface area contributed by atoms with E-state index in [1.807, 2.05) is 6.92 Å². The lowest BCUT2D eigenvalue weighted by Gasteiger charge is -2.07. The molecule has 28 heavy (non-hydrogen) atoms. The number of rotatable bonds is 7. The second-order valence-corrected chi connectivity index (χ2v) is 8.07. The Labute approximate surface area is 170 Å². The Morgan fingerprint density at radius 3 is 2.64 bits per heavy atom. The Hall–Kier alpha value is -2.72. The van der Waals surface area contributed by atoms with Crippen LogP contribution in [0.25, 0.3) is 5.69 Å². The summed E-state index contributed by atoms with van der Waals surface area (Å²) in [4.78, 5) is 24.3. The van der Waals surface area contributed by atoms with Crippen molar-refractivity contribution in [3.05, 3.63) is 47.3 Å². The summed E-state index contributed by atoms with van der Waals surface area (Å²) >= 11 is 2.92. The molecule has 1 aromatic carbocycles. The van der Waals surface area contributed by atoms with Crippen LogP contribution in [0.2, 0.25) is 0 Å². The van der Waals surface area contributed by atoms with Gasteiger partial charge in [0.05, 0.1) is 24.2 Å². The second kappa shape index (κ2) is 8.98. The van der Waals surface area contributed by atoms with Crippen molar-refractivity contribution in [2.45, 2.75) is 25.1 Å². The van der Waals surface area contributed by atoms with Gasteiger partial charge in [-0.15, -0.1) is 10.2 Å². The first-order valence-corrected chi connectivity index (χ1v) is 10.4. The predicted octanol–water partition coefficient (Wildman–Crippen LogP) is 3.57. The summed E-state index contributed by atoms with van der Waals surface area (Å²) in [5.74, 6) is 0.231. The zero-order valence-corrected chi connectivity index (χ0v) is 17.3. The third-order valence-electron chi connectivity index (χ3n) is 3.77. The Bertz CT molecular complexity index is 982. The Balaban J connectivity index is 1.72. The van der Waals surface area contributed by atoms with E-state index < -0.39 is 5.97 Å². The van der Waals surface area contributed by atoms with Gasteiger partial charge in [0.25, 0.3) is 5.91 Å². The van der Waals surface area contributed by atoms with Crippen LogP contribution in [-0.2, 0) is 4.74 Å². The van der Waals surface area contributed by atoms with Crippen molar-refractivity contribution in [2.24, 2.45) is 0 Å². The van der Waals surface area contributed by atoms with Crippen LogP contribution in [0.3, 0.4) is 0 Å². The van der Waals surface area contributed by atoms with Gasteiger partial charge in [0, 0.05) is 5.56 Å². The van der Waals surface area contributed by atoms with Gasteiger partial charge in [0.15, 0.2) is 4.34 Å². The van der Waals surface area contributed by atoms with E-state index in [9.17, 15) is 9.59 Å². The molecular weight excluding hydrogens is 398 g/mol. The van der Waals surface area contributed by atoms with Gasteiger partial charge in [-0.3, -0.25) is 10.1 Å². The monoisotopic (exact) mass is 417 g/mol. The van der Waals surface area contributed by atoms with Crippen molar-refractivity contribution in [1.29, 1.82) is 0 Å². The molecule has 1 N–H and O–H groups in total. The summed E-state index contributed by atoms with van der Waals surface area (Å²) < 4.78 is 7.48. The van der Waals surface area contributed by atoms with Crippen molar-refractivity contribution < 1.29 is 14.3 Å². The average molecular weight is 418 g/mol. The molecule has 0 aliphatic carbocycles. The number of nitrogens with one attached hydrogen (secondary N) is 1. The smallest absolute Gasteiger partial charge is 0.341 e. The molecule has 0 atom stereocenters. The standard InChI is InChI=1S/C18H19N5O3S2/c1-4-26-16(25)14-10-19-23(11(14)3)13-8-6-12(7-9-13)15(24)20-17-21-22-18(28-17)27-5-2/h6-10H,4-5H2,1-3H3,(H,20,21,24). The lowest BCUT2D eigenvalue weighted by Crippen LogP contribution is -2.12. The maximum atomic E-state index is 12.4. The SMILES string of the molecule is CCOC(=O)c1cnn(-c2ccc(C(=O)Nc3nnc(SCC)s3)cc2)c1C.